The lowest BCUT2D eigenvalue weighted by molar-refractivity contribution is 0.0697. The third-order valence-corrected chi connectivity index (χ3v) is 4.66. The van der Waals surface area contributed by atoms with Crippen molar-refractivity contribution in [3.8, 4) is 0 Å². The van der Waals surface area contributed by atoms with Gasteiger partial charge in [-0.25, -0.2) is 13.1 Å². The predicted molar refractivity (Wildman–Crippen MR) is 81.3 cm³/mol. The Balaban J connectivity index is 2.94. The Morgan fingerprint density at radius 1 is 1.25 bits per heavy atom. The largest absolute Gasteiger partial charge is 0.388 e. The number of anilines is 1. The minimum atomic E-state index is -3.52. The normalized spacial score (nSPS) is 14.8. The molecule has 0 radical (unpaired) electrons. The highest BCUT2D eigenvalue weighted by molar-refractivity contribution is 7.89. The molecule has 114 valence electrons. The van der Waals surface area contributed by atoms with Crippen LogP contribution >= 0.6 is 0 Å². The van der Waals surface area contributed by atoms with Crippen LogP contribution in [0.3, 0.4) is 0 Å². The molecular weight excluding hydrogens is 276 g/mol. The summed E-state index contributed by atoms with van der Waals surface area (Å²) in [6.45, 7) is 6.21. The smallest absolute Gasteiger partial charge is 0.242 e. The van der Waals surface area contributed by atoms with Gasteiger partial charge in [-0.1, -0.05) is 26.0 Å². The number of para-hydroxylation sites is 1. The van der Waals surface area contributed by atoms with Crippen LogP contribution in [0.4, 0.5) is 5.69 Å². The van der Waals surface area contributed by atoms with E-state index in [-0.39, 0.29) is 4.90 Å². The van der Waals surface area contributed by atoms with Crippen molar-refractivity contribution >= 4 is 15.7 Å². The molecular formula is C14H24N2O3S. The first-order valence-electron chi connectivity index (χ1n) is 6.87. The van der Waals surface area contributed by atoms with Crippen LogP contribution in [0.15, 0.2) is 29.2 Å². The minimum Gasteiger partial charge on any atom is -0.388 e. The summed E-state index contributed by atoms with van der Waals surface area (Å²) < 4.78 is 26.9. The fraction of sp³-hybridized carbons (Fsp3) is 0.571. The molecule has 0 saturated heterocycles. The lowest BCUT2D eigenvalue weighted by atomic mass is 10.0. The van der Waals surface area contributed by atoms with Crippen molar-refractivity contribution in [2.75, 3.05) is 18.4 Å². The zero-order valence-corrected chi connectivity index (χ0v) is 13.1. The van der Waals surface area contributed by atoms with Gasteiger partial charge in [0.1, 0.15) is 4.90 Å². The van der Waals surface area contributed by atoms with Crippen molar-refractivity contribution in [2.24, 2.45) is 0 Å². The van der Waals surface area contributed by atoms with Crippen molar-refractivity contribution in [2.45, 2.75) is 44.1 Å². The highest BCUT2D eigenvalue weighted by atomic mass is 32.2. The van der Waals surface area contributed by atoms with Crippen LogP contribution in [0.2, 0.25) is 0 Å². The van der Waals surface area contributed by atoms with Crippen molar-refractivity contribution in [3.63, 3.8) is 0 Å². The van der Waals surface area contributed by atoms with Gasteiger partial charge in [0.25, 0.3) is 0 Å². The maximum absolute atomic E-state index is 12.2. The molecule has 0 aliphatic heterocycles. The van der Waals surface area contributed by atoms with Gasteiger partial charge in [0, 0.05) is 13.1 Å². The maximum Gasteiger partial charge on any atom is 0.242 e. The van der Waals surface area contributed by atoms with E-state index in [0.717, 1.165) is 6.42 Å². The number of aliphatic hydroxyl groups is 1. The molecule has 0 fully saturated rings. The lowest BCUT2D eigenvalue weighted by Crippen LogP contribution is -2.33. The van der Waals surface area contributed by atoms with Crippen LogP contribution in [0.5, 0.6) is 0 Å². The third-order valence-electron chi connectivity index (χ3n) is 3.14. The average molecular weight is 300 g/mol. The highest BCUT2D eigenvalue weighted by Gasteiger charge is 2.21. The van der Waals surface area contributed by atoms with E-state index in [9.17, 15) is 13.5 Å². The second-order valence-electron chi connectivity index (χ2n) is 5.10. The van der Waals surface area contributed by atoms with Crippen LogP contribution in [-0.2, 0) is 10.0 Å². The summed E-state index contributed by atoms with van der Waals surface area (Å²) in [5.74, 6) is 0. The Hall–Kier alpha value is -1.11. The Kier molecular flexibility index (Phi) is 5.98. The van der Waals surface area contributed by atoms with Crippen molar-refractivity contribution < 1.29 is 13.5 Å². The summed E-state index contributed by atoms with van der Waals surface area (Å²) in [5.41, 5.74) is -0.363. The van der Waals surface area contributed by atoms with Crippen LogP contribution in [-0.4, -0.2) is 32.2 Å². The van der Waals surface area contributed by atoms with Crippen LogP contribution < -0.4 is 10.0 Å². The number of rotatable bonds is 8. The topological polar surface area (TPSA) is 78.4 Å². The van der Waals surface area contributed by atoms with Crippen LogP contribution in [0.1, 0.15) is 33.6 Å². The quantitative estimate of drug-likeness (QED) is 0.685. The molecule has 0 aliphatic carbocycles. The maximum atomic E-state index is 12.2. The van der Waals surface area contributed by atoms with Gasteiger partial charge in [-0.3, -0.25) is 0 Å². The summed E-state index contributed by atoms with van der Waals surface area (Å²) in [6, 6.07) is 6.71. The molecule has 20 heavy (non-hydrogen) atoms. The van der Waals surface area contributed by atoms with Gasteiger partial charge in [-0.15, -0.1) is 0 Å². The molecule has 0 heterocycles. The molecule has 1 rings (SSSR count). The number of hydrogen-bond acceptors (Lipinski definition) is 4. The van der Waals surface area contributed by atoms with E-state index in [1.807, 2.05) is 13.8 Å². The van der Waals surface area contributed by atoms with Crippen LogP contribution in [0.25, 0.3) is 0 Å². The molecule has 0 aliphatic rings. The molecule has 6 heteroatoms. The number of nitrogens with one attached hydrogen (secondary N) is 2. The van der Waals surface area contributed by atoms with Gasteiger partial charge >= 0.3 is 0 Å². The first-order valence-corrected chi connectivity index (χ1v) is 8.35. The number of sulfonamides is 1. The van der Waals surface area contributed by atoms with Gasteiger partial charge in [-0.05, 0) is 31.9 Å². The Bertz CT molecular complexity index is 527. The fourth-order valence-corrected chi connectivity index (χ4v) is 2.89. The van der Waals surface area contributed by atoms with E-state index in [1.165, 1.54) is 0 Å². The Labute approximate surface area is 121 Å². The third kappa shape index (κ3) is 4.77. The van der Waals surface area contributed by atoms with Crippen molar-refractivity contribution in [1.82, 2.24) is 4.72 Å². The first-order chi connectivity index (χ1) is 9.32. The molecule has 0 saturated carbocycles. The highest BCUT2D eigenvalue weighted by Crippen LogP contribution is 2.21. The molecule has 3 N–H and O–H groups in total. The van der Waals surface area contributed by atoms with E-state index in [0.29, 0.717) is 25.2 Å². The van der Waals surface area contributed by atoms with Crippen molar-refractivity contribution in [1.29, 1.82) is 0 Å². The first kappa shape index (κ1) is 16.9. The Morgan fingerprint density at radius 2 is 1.90 bits per heavy atom. The van der Waals surface area contributed by atoms with Crippen LogP contribution in [0, 0.1) is 0 Å². The van der Waals surface area contributed by atoms with Gasteiger partial charge in [0.15, 0.2) is 0 Å². The van der Waals surface area contributed by atoms with Crippen molar-refractivity contribution in [3.05, 3.63) is 24.3 Å². The number of benzene rings is 1. The summed E-state index contributed by atoms with van der Waals surface area (Å²) in [4.78, 5) is 0.209. The van der Waals surface area contributed by atoms with E-state index in [2.05, 4.69) is 10.0 Å². The summed E-state index contributed by atoms with van der Waals surface area (Å²) in [6.07, 6.45) is 1.32. The molecule has 5 nitrogen and oxygen atoms in total. The monoisotopic (exact) mass is 300 g/mol. The van der Waals surface area contributed by atoms with Gasteiger partial charge in [0.05, 0.1) is 11.3 Å². The van der Waals surface area contributed by atoms with Gasteiger partial charge in [-0.2, -0.15) is 0 Å². The zero-order valence-electron chi connectivity index (χ0n) is 12.3. The molecule has 1 unspecified atom stereocenters. The van der Waals surface area contributed by atoms with E-state index in [1.54, 1.807) is 31.2 Å². The molecule has 0 amide bonds. The Morgan fingerprint density at radius 3 is 2.50 bits per heavy atom. The molecule has 0 spiro atoms. The molecule has 0 bridgehead atoms. The van der Waals surface area contributed by atoms with E-state index < -0.39 is 15.6 Å². The summed E-state index contributed by atoms with van der Waals surface area (Å²) in [5, 5.41) is 13.0. The molecule has 1 atom stereocenters. The predicted octanol–water partition coefficient (Wildman–Crippen LogP) is 1.95. The lowest BCUT2D eigenvalue weighted by Gasteiger charge is -2.23. The summed E-state index contributed by atoms with van der Waals surface area (Å²) >= 11 is 0. The van der Waals surface area contributed by atoms with E-state index in [4.69, 9.17) is 0 Å². The summed E-state index contributed by atoms with van der Waals surface area (Å²) in [7, 11) is -3.52. The minimum absolute atomic E-state index is 0.209. The average Bonchev–Trinajstić information content (AvgIpc) is 2.43. The fourth-order valence-electron chi connectivity index (χ4n) is 1.57. The van der Waals surface area contributed by atoms with Gasteiger partial charge in [0.2, 0.25) is 10.0 Å². The second-order valence-corrected chi connectivity index (χ2v) is 6.83. The molecule has 1 aromatic carbocycles. The number of hydrogen-bond donors (Lipinski definition) is 3. The standard InChI is InChI=1S/C14H24N2O3S/c1-4-10-16-20(18,19)13-9-7-6-8-12(13)15-11-14(3,17)5-2/h6-9,15-17H,4-5,10-11H2,1-3H3. The zero-order chi connectivity index (χ0) is 15.2. The second kappa shape index (κ2) is 7.06. The SMILES string of the molecule is CCCNS(=O)(=O)c1ccccc1NCC(C)(O)CC. The molecule has 0 aromatic heterocycles. The van der Waals surface area contributed by atoms with Gasteiger partial charge < -0.3 is 10.4 Å². The molecule has 1 aromatic rings. The van der Waals surface area contributed by atoms with E-state index >= 15 is 0 Å².